The normalized spacial score (nSPS) is 9.83. The Bertz CT molecular complexity index is 701. The van der Waals surface area contributed by atoms with Crippen molar-refractivity contribution in [3.63, 3.8) is 0 Å². The number of hydrogen-bond donors (Lipinski definition) is 3. The van der Waals surface area contributed by atoms with Gasteiger partial charge in [-0.25, -0.2) is 4.79 Å². The van der Waals surface area contributed by atoms with Crippen LogP contribution in [0.3, 0.4) is 0 Å². The third kappa shape index (κ3) is 4.74. The van der Waals surface area contributed by atoms with Crippen molar-refractivity contribution in [3.8, 4) is 5.75 Å². The summed E-state index contributed by atoms with van der Waals surface area (Å²) in [6.07, 6.45) is 0.205. The fraction of sp³-hybridized carbons (Fsp3) is 0.176. The summed E-state index contributed by atoms with van der Waals surface area (Å²) in [7, 11) is 3.11. The van der Waals surface area contributed by atoms with E-state index in [4.69, 9.17) is 4.74 Å². The third-order valence-electron chi connectivity index (χ3n) is 3.17. The Morgan fingerprint density at radius 1 is 1.00 bits per heavy atom. The maximum atomic E-state index is 12.2. The summed E-state index contributed by atoms with van der Waals surface area (Å²) in [5.74, 6) is 0.518. The molecule has 2 aromatic carbocycles. The molecule has 120 valence electrons. The van der Waals surface area contributed by atoms with Gasteiger partial charge in [0.1, 0.15) is 5.75 Å². The van der Waals surface area contributed by atoms with Crippen LogP contribution in [0, 0.1) is 0 Å². The molecule has 0 saturated heterocycles. The maximum Gasteiger partial charge on any atom is 0.318 e. The SMILES string of the molecule is CNC(=O)Nc1cccc(NC(=O)Cc2ccccc2OC)c1. The molecule has 3 amide bonds. The molecule has 0 aliphatic rings. The Morgan fingerprint density at radius 3 is 2.39 bits per heavy atom. The predicted molar refractivity (Wildman–Crippen MR) is 89.8 cm³/mol. The Labute approximate surface area is 134 Å². The lowest BCUT2D eigenvalue weighted by Crippen LogP contribution is -2.24. The van der Waals surface area contributed by atoms with Crippen molar-refractivity contribution >= 4 is 23.3 Å². The van der Waals surface area contributed by atoms with Gasteiger partial charge in [-0.3, -0.25) is 4.79 Å². The van der Waals surface area contributed by atoms with Gasteiger partial charge in [0, 0.05) is 24.0 Å². The lowest BCUT2D eigenvalue weighted by molar-refractivity contribution is -0.115. The second-order valence-corrected chi connectivity index (χ2v) is 4.82. The summed E-state index contributed by atoms with van der Waals surface area (Å²) in [4.78, 5) is 23.5. The molecule has 0 fully saturated rings. The number of amides is 3. The minimum absolute atomic E-state index is 0.161. The average Bonchev–Trinajstić information content (AvgIpc) is 2.55. The first-order chi connectivity index (χ1) is 11.1. The fourth-order valence-corrected chi connectivity index (χ4v) is 2.10. The van der Waals surface area contributed by atoms with Crippen molar-refractivity contribution in [1.29, 1.82) is 0 Å². The van der Waals surface area contributed by atoms with Crippen molar-refractivity contribution in [2.24, 2.45) is 0 Å². The highest BCUT2D eigenvalue weighted by Crippen LogP contribution is 2.19. The van der Waals surface area contributed by atoms with Crippen molar-refractivity contribution in [2.45, 2.75) is 6.42 Å². The second-order valence-electron chi connectivity index (χ2n) is 4.82. The molecule has 6 nitrogen and oxygen atoms in total. The van der Waals surface area contributed by atoms with Crippen LogP contribution in [0.1, 0.15) is 5.56 Å². The van der Waals surface area contributed by atoms with Crippen LogP contribution in [0.25, 0.3) is 0 Å². The molecule has 3 N–H and O–H groups in total. The number of urea groups is 1. The molecule has 0 radical (unpaired) electrons. The molecule has 0 heterocycles. The lowest BCUT2D eigenvalue weighted by Gasteiger charge is -2.10. The van der Waals surface area contributed by atoms with Crippen molar-refractivity contribution in [3.05, 3.63) is 54.1 Å². The van der Waals surface area contributed by atoms with Crippen LogP contribution in [0.2, 0.25) is 0 Å². The third-order valence-corrected chi connectivity index (χ3v) is 3.17. The summed E-state index contributed by atoms with van der Waals surface area (Å²) < 4.78 is 5.24. The van der Waals surface area contributed by atoms with Crippen LogP contribution < -0.4 is 20.7 Å². The summed E-state index contributed by atoms with van der Waals surface area (Å²) >= 11 is 0. The van der Waals surface area contributed by atoms with Crippen molar-refractivity contribution in [1.82, 2.24) is 5.32 Å². The monoisotopic (exact) mass is 313 g/mol. The molecule has 6 heteroatoms. The topological polar surface area (TPSA) is 79.5 Å². The van der Waals surface area contributed by atoms with Gasteiger partial charge in [-0.2, -0.15) is 0 Å². The van der Waals surface area contributed by atoms with E-state index in [0.717, 1.165) is 5.56 Å². The molecule has 23 heavy (non-hydrogen) atoms. The van der Waals surface area contributed by atoms with Gasteiger partial charge in [0.2, 0.25) is 5.91 Å². The number of nitrogens with one attached hydrogen (secondary N) is 3. The molecule has 0 atom stereocenters. The molecule has 0 aromatic heterocycles. The zero-order chi connectivity index (χ0) is 16.7. The van der Waals surface area contributed by atoms with E-state index in [2.05, 4.69) is 16.0 Å². The highest BCUT2D eigenvalue weighted by molar-refractivity contribution is 5.94. The Hall–Kier alpha value is -3.02. The number of benzene rings is 2. The standard InChI is InChI=1S/C17H19N3O3/c1-18-17(22)20-14-8-5-7-13(11-14)19-16(21)10-12-6-3-4-9-15(12)23-2/h3-9,11H,10H2,1-2H3,(H,19,21)(H2,18,20,22). The highest BCUT2D eigenvalue weighted by Gasteiger charge is 2.09. The number of carbonyl (C=O) groups excluding carboxylic acids is 2. The first-order valence-corrected chi connectivity index (χ1v) is 7.13. The predicted octanol–water partition coefficient (Wildman–Crippen LogP) is 2.63. The first kappa shape index (κ1) is 16.4. The number of para-hydroxylation sites is 1. The lowest BCUT2D eigenvalue weighted by atomic mass is 10.1. The molecular weight excluding hydrogens is 294 g/mol. The molecule has 0 saturated carbocycles. The van der Waals surface area contributed by atoms with Gasteiger partial charge in [0.15, 0.2) is 0 Å². The van der Waals surface area contributed by atoms with Gasteiger partial charge in [-0.05, 0) is 24.3 Å². The van der Waals surface area contributed by atoms with Crippen LogP contribution in [-0.2, 0) is 11.2 Å². The number of anilines is 2. The molecule has 2 aromatic rings. The second kappa shape index (κ2) is 7.84. The Kier molecular flexibility index (Phi) is 5.57. The number of methoxy groups -OCH3 is 1. The van der Waals surface area contributed by atoms with E-state index in [1.54, 1.807) is 31.4 Å². The van der Waals surface area contributed by atoms with Gasteiger partial charge in [-0.1, -0.05) is 24.3 Å². The van der Waals surface area contributed by atoms with E-state index >= 15 is 0 Å². The molecule has 0 aliphatic heterocycles. The zero-order valence-corrected chi connectivity index (χ0v) is 13.1. The largest absolute Gasteiger partial charge is 0.496 e. The van der Waals surface area contributed by atoms with Crippen LogP contribution in [0.5, 0.6) is 5.75 Å². The molecule has 2 rings (SSSR count). The average molecular weight is 313 g/mol. The van der Waals surface area contributed by atoms with Crippen LogP contribution in [-0.4, -0.2) is 26.1 Å². The van der Waals surface area contributed by atoms with Gasteiger partial charge in [0.25, 0.3) is 0 Å². The van der Waals surface area contributed by atoms with Crippen molar-refractivity contribution < 1.29 is 14.3 Å². The number of carbonyl (C=O) groups is 2. The van der Waals surface area contributed by atoms with Crippen LogP contribution in [0.15, 0.2) is 48.5 Å². The summed E-state index contributed by atoms with van der Waals surface area (Å²) in [5, 5.41) is 7.93. The zero-order valence-electron chi connectivity index (χ0n) is 13.1. The van der Waals surface area contributed by atoms with E-state index in [1.807, 2.05) is 24.3 Å². The number of hydrogen-bond acceptors (Lipinski definition) is 3. The minimum atomic E-state index is -0.317. The van der Waals surface area contributed by atoms with Gasteiger partial charge >= 0.3 is 6.03 Å². The van der Waals surface area contributed by atoms with Crippen LogP contribution >= 0.6 is 0 Å². The van der Waals surface area contributed by atoms with Gasteiger partial charge in [-0.15, -0.1) is 0 Å². The molecule has 0 unspecified atom stereocenters. The smallest absolute Gasteiger partial charge is 0.318 e. The highest BCUT2D eigenvalue weighted by atomic mass is 16.5. The van der Waals surface area contributed by atoms with Gasteiger partial charge < -0.3 is 20.7 Å². The molecular formula is C17H19N3O3. The number of rotatable bonds is 5. The molecule has 0 spiro atoms. The first-order valence-electron chi connectivity index (χ1n) is 7.13. The van der Waals surface area contributed by atoms with E-state index in [1.165, 1.54) is 7.05 Å². The van der Waals surface area contributed by atoms with Crippen LogP contribution in [0.4, 0.5) is 16.2 Å². The van der Waals surface area contributed by atoms with E-state index in [-0.39, 0.29) is 18.4 Å². The van der Waals surface area contributed by atoms with Crippen molar-refractivity contribution in [2.75, 3.05) is 24.8 Å². The summed E-state index contributed by atoms with van der Waals surface area (Å²) in [5.41, 5.74) is 2.02. The minimum Gasteiger partial charge on any atom is -0.496 e. The molecule has 0 aliphatic carbocycles. The number of ether oxygens (including phenoxy) is 1. The quantitative estimate of drug-likeness (QED) is 0.794. The molecule has 0 bridgehead atoms. The Morgan fingerprint density at radius 2 is 1.70 bits per heavy atom. The van der Waals surface area contributed by atoms with Gasteiger partial charge in [0.05, 0.1) is 13.5 Å². The van der Waals surface area contributed by atoms with E-state index < -0.39 is 0 Å². The van der Waals surface area contributed by atoms with E-state index in [9.17, 15) is 9.59 Å². The summed E-state index contributed by atoms with van der Waals surface area (Å²) in [6.45, 7) is 0. The summed E-state index contributed by atoms with van der Waals surface area (Å²) in [6, 6.07) is 14.0. The maximum absolute atomic E-state index is 12.2. The Balaban J connectivity index is 2.02. The van der Waals surface area contributed by atoms with E-state index in [0.29, 0.717) is 17.1 Å². The fourth-order valence-electron chi connectivity index (χ4n) is 2.10.